The predicted octanol–water partition coefficient (Wildman–Crippen LogP) is 1.76. The van der Waals surface area contributed by atoms with Gasteiger partial charge in [-0.15, -0.1) is 0 Å². The molecule has 0 aromatic heterocycles. The minimum absolute atomic E-state index is 0.0952. The number of hydrogen-bond donors (Lipinski definition) is 2. The lowest BCUT2D eigenvalue weighted by Gasteiger charge is -2.16. The number of carbonyl (C=O) groups is 3. The molecule has 132 valence electrons. The highest BCUT2D eigenvalue weighted by Gasteiger charge is 2.21. The fourth-order valence-electron chi connectivity index (χ4n) is 2.04. The number of unbranched alkanes of at least 4 members (excludes halogenated alkanes) is 1. The van der Waals surface area contributed by atoms with Crippen molar-refractivity contribution in [3.8, 4) is 0 Å². The number of ether oxygens (including phenoxy) is 2. The average molecular weight is 336 g/mol. The first-order valence-corrected chi connectivity index (χ1v) is 7.82. The number of amides is 2. The number of benzene rings is 1. The van der Waals surface area contributed by atoms with Crippen LogP contribution >= 0.6 is 0 Å². The van der Waals surface area contributed by atoms with E-state index in [1.54, 1.807) is 0 Å². The standard InChI is InChI=1S/C17H24N2O5/c1-13(20)18-11-7-6-10-15(16(21)23-2)19-17(22)24-12-14-8-4-3-5-9-14/h3-5,8-9,15H,6-7,10-12H2,1-2H3,(H,18,20)(H,19,22)/t15-/m1/s1. The molecule has 0 aliphatic rings. The quantitative estimate of drug-likeness (QED) is 0.529. The molecular formula is C17H24N2O5. The molecule has 0 saturated carbocycles. The number of hydrogen-bond acceptors (Lipinski definition) is 5. The van der Waals surface area contributed by atoms with Crippen molar-refractivity contribution in [3.05, 3.63) is 35.9 Å². The third-order valence-electron chi connectivity index (χ3n) is 3.28. The van der Waals surface area contributed by atoms with Crippen LogP contribution in [-0.2, 0) is 25.7 Å². The summed E-state index contributed by atoms with van der Waals surface area (Å²) >= 11 is 0. The maximum atomic E-state index is 11.8. The molecule has 0 aliphatic carbocycles. The summed E-state index contributed by atoms with van der Waals surface area (Å²) in [6.45, 7) is 2.10. The lowest BCUT2D eigenvalue weighted by atomic mass is 10.1. The van der Waals surface area contributed by atoms with Crippen LogP contribution in [0.3, 0.4) is 0 Å². The van der Waals surface area contributed by atoms with Crippen molar-refractivity contribution < 1.29 is 23.9 Å². The van der Waals surface area contributed by atoms with Crippen molar-refractivity contribution in [1.82, 2.24) is 10.6 Å². The third kappa shape index (κ3) is 8.17. The molecule has 0 radical (unpaired) electrons. The second-order valence-corrected chi connectivity index (χ2v) is 5.26. The Morgan fingerprint density at radius 1 is 1.12 bits per heavy atom. The molecule has 0 saturated heterocycles. The van der Waals surface area contributed by atoms with E-state index >= 15 is 0 Å². The Morgan fingerprint density at radius 3 is 2.46 bits per heavy atom. The summed E-state index contributed by atoms with van der Waals surface area (Å²) in [5.74, 6) is -0.617. The second kappa shape index (κ2) is 11.0. The monoisotopic (exact) mass is 336 g/mol. The first kappa shape index (κ1) is 19.5. The Balaban J connectivity index is 2.36. The summed E-state index contributed by atoms with van der Waals surface area (Å²) in [6.07, 6.45) is 1.09. The van der Waals surface area contributed by atoms with Crippen LogP contribution in [0.4, 0.5) is 4.79 Å². The Morgan fingerprint density at radius 2 is 1.83 bits per heavy atom. The molecule has 1 aromatic rings. The Hall–Kier alpha value is -2.57. The first-order valence-electron chi connectivity index (χ1n) is 7.82. The van der Waals surface area contributed by atoms with E-state index < -0.39 is 18.1 Å². The van der Waals surface area contributed by atoms with Crippen LogP contribution in [0, 0.1) is 0 Å². The molecule has 7 heteroatoms. The van der Waals surface area contributed by atoms with E-state index in [1.807, 2.05) is 30.3 Å². The van der Waals surface area contributed by atoms with Crippen LogP contribution in [0.5, 0.6) is 0 Å². The number of nitrogens with one attached hydrogen (secondary N) is 2. The van der Waals surface area contributed by atoms with E-state index in [0.29, 0.717) is 25.8 Å². The van der Waals surface area contributed by atoms with Gasteiger partial charge in [-0.1, -0.05) is 30.3 Å². The van der Waals surface area contributed by atoms with Crippen LogP contribution in [-0.4, -0.2) is 37.7 Å². The molecule has 1 atom stereocenters. The summed E-state index contributed by atoms with van der Waals surface area (Å²) in [7, 11) is 1.27. The summed E-state index contributed by atoms with van der Waals surface area (Å²) in [5, 5.41) is 5.19. The summed E-state index contributed by atoms with van der Waals surface area (Å²) in [4.78, 5) is 34.3. The van der Waals surface area contributed by atoms with Gasteiger partial charge in [0.1, 0.15) is 12.6 Å². The molecule has 7 nitrogen and oxygen atoms in total. The maximum Gasteiger partial charge on any atom is 0.408 e. The van der Waals surface area contributed by atoms with Gasteiger partial charge in [-0.25, -0.2) is 9.59 Å². The van der Waals surface area contributed by atoms with E-state index in [9.17, 15) is 14.4 Å². The molecule has 1 aromatic carbocycles. The van der Waals surface area contributed by atoms with Crippen molar-refractivity contribution in [1.29, 1.82) is 0 Å². The van der Waals surface area contributed by atoms with Crippen molar-refractivity contribution >= 4 is 18.0 Å². The van der Waals surface area contributed by atoms with Crippen LogP contribution in [0.1, 0.15) is 31.7 Å². The fraction of sp³-hybridized carbons (Fsp3) is 0.471. The van der Waals surface area contributed by atoms with E-state index in [1.165, 1.54) is 14.0 Å². The minimum Gasteiger partial charge on any atom is -0.467 e. The van der Waals surface area contributed by atoms with Gasteiger partial charge >= 0.3 is 12.1 Å². The summed E-state index contributed by atoms with van der Waals surface area (Å²) in [5.41, 5.74) is 0.859. The van der Waals surface area contributed by atoms with Gasteiger partial charge in [0.05, 0.1) is 7.11 Å². The first-order chi connectivity index (χ1) is 11.5. The highest BCUT2D eigenvalue weighted by Crippen LogP contribution is 2.05. The van der Waals surface area contributed by atoms with Gasteiger partial charge < -0.3 is 20.1 Å². The SMILES string of the molecule is COC(=O)[C@@H](CCCCNC(C)=O)NC(=O)OCc1ccccc1. The molecule has 0 spiro atoms. The van der Waals surface area contributed by atoms with Crippen LogP contribution in [0.15, 0.2) is 30.3 Å². The Labute approximate surface area is 141 Å². The van der Waals surface area contributed by atoms with Gasteiger partial charge in [-0.05, 0) is 24.8 Å². The Bertz CT molecular complexity index is 533. The number of rotatable bonds is 9. The van der Waals surface area contributed by atoms with E-state index in [-0.39, 0.29) is 12.5 Å². The van der Waals surface area contributed by atoms with Crippen LogP contribution < -0.4 is 10.6 Å². The third-order valence-corrected chi connectivity index (χ3v) is 3.28. The highest BCUT2D eigenvalue weighted by molar-refractivity contribution is 5.81. The van der Waals surface area contributed by atoms with E-state index in [4.69, 9.17) is 9.47 Å². The minimum atomic E-state index is -0.768. The molecule has 0 aliphatic heterocycles. The number of methoxy groups -OCH3 is 1. The van der Waals surface area contributed by atoms with E-state index in [0.717, 1.165) is 5.56 Å². The molecule has 0 heterocycles. The van der Waals surface area contributed by atoms with Gasteiger partial charge in [0.2, 0.25) is 5.91 Å². The zero-order chi connectivity index (χ0) is 17.8. The van der Waals surface area contributed by atoms with Crippen molar-refractivity contribution in [2.75, 3.05) is 13.7 Å². The van der Waals surface area contributed by atoms with Crippen LogP contribution in [0.2, 0.25) is 0 Å². The highest BCUT2D eigenvalue weighted by atomic mass is 16.6. The van der Waals surface area contributed by atoms with Gasteiger partial charge in [0, 0.05) is 13.5 Å². The molecule has 0 bridgehead atoms. The Kier molecular flexibility index (Phi) is 8.96. The van der Waals surface area contributed by atoms with E-state index in [2.05, 4.69) is 10.6 Å². The van der Waals surface area contributed by atoms with Crippen molar-refractivity contribution in [2.24, 2.45) is 0 Å². The molecule has 24 heavy (non-hydrogen) atoms. The van der Waals surface area contributed by atoms with Crippen LogP contribution in [0.25, 0.3) is 0 Å². The molecule has 1 rings (SSSR count). The predicted molar refractivity (Wildman–Crippen MR) is 88.1 cm³/mol. The van der Waals surface area contributed by atoms with Crippen molar-refractivity contribution in [2.45, 2.75) is 38.8 Å². The fourth-order valence-corrected chi connectivity index (χ4v) is 2.04. The average Bonchev–Trinajstić information content (AvgIpc) is 2.58. The molecular weight excluding hydrogens is 312 g/mol. The smallest absolute Gasteiger partial charge is 0.408 e. The second-order valence-electron chi connectivity index (χ2n) is 5.26. The van der Waals surface area contributed by atoms with Gasteiger partial charge in [-0.3, -0.25) is 4.79 Å². The summed E-state index contributed by atoms with van der Waals surface area (Å²) < 4.78 is 9.79. The largest absolute Gasteiger partial charge is 0.467 e. The number of carbonyl (C=O) groups excluding carboxylic acids is 3. The topological polar surface area (TPSA) is 93.7 Å². The summed E-state index contributed by atoms with van der Waals surface area (Å²) in [6, 6.07) is 8.49. The van der Waals surface area contributed by atoms with Gasteiger partial charge in [-0.2, -0.15) is 0 Å². The molecule has 0 unspecified atom stereocenters. The molecule has 2 amide bonds. The normalized spacial score (nSPS) is 11.2. The lowest BCUT2D eigenvalue weighted by molar-refractivity contribution is -0.143. The maximum absolute atomic E-state index is 11.8. The number of alkyl carbamates (subject to hydrolysis) is 1. The molecule has 0 fully saturated rings. The van der Waals surface area contributed by atoms with Crippen molar-refractivity contribution in [3.63, 3.8) is 0 Å². The number of esters is 1. The lowest BCUT2D eigenvalue weighted by Crippen LogP contribution is -2.41. The van der Waals surface area contributed by atoms with Gasteiger partial charge in [0.15, 0.2) is 0 Å². The zero-order valence-electron chi connectivity index (χ0n) is 14.0. The molecule has 2 N–H and O–H groups in total. The van der Waals surface area contributed by atoms with Gasteiger partial charge in [0.25, 0.3) is 0 Å². The zero-order valence-corrected chi connectivity index (χ0v) is 14.0.